The van der Waals surface area contributed by atoms with Crippen LogP contribution in [0.2, 0.25) is 0 Å². The van der Waals surface area contributed by atoms with E-state index < -0.39 is 0 Å². The van der Waals surface area contributed by atoms with Gasteiger partial charge < -0.3 is 5.73 Å². The van der Waals surface area contributed by atoms with Gasteiger partial charge in [-0.2, -0.15) is 0 Å². The van der Waals surface area contributed by atoms with Gasteiger partial charge in [0.2, 0.25) is 0 Å². The van der Waals surface area contributed by atoms with Crippen molar-refractivity contribution >= 4 is 0 Å². The maximum atomic E-state index is 6.55. The number of hydrogen-bond donors (Lipinski definition) is 1. The van der Waals surface area contributed by atoms with Gasteiger partial charge >= 0.3 is 0 Å². The number of hydrogen-bond acceptors (Lipinski definition) is 1. The van der Waals surface area contributed by atoms with Crippen molar-refractivity contribution in [3.05, 3.63) is 34.9 Å². The summed E-state index contributed by atoms with van der Waals surface area (Å²) in [6, 6.07) is 6.94. The summed E-state index contributed by atoms with van der Waals surface area (Å²) in [7, 11) is 0. The minimum Gasteiger partial charge on any atom is -0.324 e. The summed E-state index contributed by atoms with van der Waals surface area (Å²) in [6.45, 7) is 6.81. The Labute approximate surface area is 183 Å². The zero-order valence-corrected chi connectivity index (χ0v) is 20.1. The Balaban J connectivity index is 1.98. The standard InChI is InChI=1S/C28H51N/c1-4-7-8-9-10-11-12-13-14-15-16-17-18-19-20-24-28(29)27-23-21-22-25(5-2)26(27)6-3/h21-23,28H,4-20,24,29H2,1-3H3. The van der Waals surface area contributed by atoms with Crippen LogP contribution in [-0.2, 0) is 12.8 Å². The number of benzene rings is 1. The van der Waals surface area contributed by atoms with E-state index >= 15 is 0 Å². The molecule has 0 bridgehead atoms. The Morgan fingerprint density at radius 3 is 1.55 bits per heavy atom. The number of rotatable bonds is 19. The Hall–Kier alpha value is -0.820. The van der Waals surface area contributed by atoms with Crippen LogP contribution < -0.4 is 5.73 Å². The van der Waals surface area contributed by atoms with E-state index in [9.17, 15) is 0 Å². The van der Waals surface area contributed by atoms with Gasteiger partial charge in [0.15, 0.2) is 0 Å². The summed E-state index contributed by atoms with van der Waals surface area (Å²) in [5.41, 5.74) is 10.9. The van der Waals surface area contributed by atoms with Gasteiger partial charge in [-0.3, -0.25) is 0 Å². The van der Waals surface area contributed by atoms with Gasteiger partial charge in [0.25, 0.3) is 0 Å². The van der Waals surface area contributed by atoms with Crippen LogP contribution in [0.4, 0.5) is 0 Å². The lowest BCUT2D eigenvalue weighted by molar-refractivity contribution is 0.518. The minimum absolute atomic E-state index is 0.221. The van der Waals surface area contributed by atoms with Gasteiger partial charge in [0, 0.05) is 6.04 Å². The van der Waals surface area contributed by atoms with E-state index in [0.29, 0.717) is 0 Å². The summed E-state index contributed by atoms with van der Waals surface area (Å²) < 4.78 is 0. The monoisotopic (exact) mass is 401 g/mol. The predicted molar refractivity (Wildman–Crippen MR) is 132 cm³/mol. The first-order chi connectivity index (χ1) is 14.2. The van der Waals surface area contributed by atoms with E-state index in [0.717, 1.165) is 19.3 Å². The fourth-order valence-corrected chi connectivity index (χ4v) is 4.66. The molecule has 1 atom stereocenters. The molecule has 2 N–H and O–H groups in total. The molecule has 29 heavy (non-hydrogen) atoms. The van der Waals surface area contributed by atoms with Crippen molar-refractivity contribution in [2.45, 2.75) is 142 Å². The second kappa shape index (κ2) is 18.0. The topological polar surface area (TPSA) is 26.0 Å². The average molecular weight is 402 g/mol. The summed E-state index contributed by atoms with van der Waals surface area (Å²) in [5, 5.41) is 0. The lowest BCUT2D eigenvalue weighted by Crippen LogP contribution is -2.13. The molecule has 1 rings (SSSR count). The molecule has 1 nitrogen and oxygen atoms in total. The molecule has 0 fully saturated rings. The number of aryl methyl sites for hydroxylation is 1. The largest absolute Gasteiger partial charge is 0.324 e. The van der Waals surface area contributed by atoms with Crippen molar-refractivity contribution in [3.8, 4) is 0 Å². The molecule has 1 aromatic carbocycles. The fraction of sp³-hybridized carbons (Fsp3) is 0.786. The van der Waals surface area contributed by atoms with Gasteiger partial charge in [-0.15, -0.1) is 0 Å². The van der Waals surface area contributed by atoms with Crippen molar-refractivity contribution in [2.24, 2.45) is 5.73 Å². The van der Waals surface area contributed by atoms with Crippen molar-refractivity contribution in [1.29, 1.82) is 0 Å². The molecule has 0 saturated heterocycles. The third kappa shape index (κ3) is 11.8. The van der Waals surface area contributed by atoms with Crippen LogP contribution in [0.3, 0.4) is 0 Å². The molecule has 0 amide bonds. The van der Waals surface area contributed by atoms with Gasteiger partial charge in [-0.25, -0.2) is 0 Å². The average Bonchev–Trinajstić information content (AvgIpc) is 2.75. The van der Waals surface area contributed by atoms with Crippen molar-refractivity contribution in [2.75, 3.05) is 0 Å². The first-order valence-electron chi connectivity index (χ1n) is 13.1. The van der Waals surface area contributed by atoms with Crippen molar-refractivity contribution in [3.63, 3.8) is 0 Å². The van der Waals surface area contributed by atoms with Crippen LogP contribution in [0.5, 0.6) is 0 Å². The van der Waals surface area contributed by atoms with E-state index in [1.165, 1.54) is 113 Å². The molecule has 1 aromatic rings. The van der Waals surface area contributed by atoms with E-state index in [4.69, 9.17) is 5.73 Å². The summed E-state index contributed by atoms with van der Waals surface area (Å²) in [6.07, 6.45) is 24.7. The molecular formula is C28H51N. The van der Waals surface area contributed by atoms with Gasteiger partial charge in [-0.1, -0.05) is 135 Å². The summed E-state index contributed by atoms with van der Waals surface area (Å²) >= 11 is 0. The first-order valence-corrected chi connectivity index (χ1v) is 13.1. The van der Waals surface area contributed by atoms with Crippen LogP contribution in [-0.4, -0.2) is 0 Å². The van der Waals surface area contributed by atoms with Crippen LogP contribution in [0.15, 0.2) is 18.2 Å². The van der Waals surface area contributed by atoms with Gasteiger partial charge in [0.1, 0.15) is 0 Å². The predicted octanol–water partition coefficient (Wildman–Crippen LogP) is 9.07. The Morgan fingerprint density at radius 1 is 0.621 bits per heavy atom. The quantitative estimate of drug-likeness (QED) is 0.230. The highest BCUT2D eigenvalue weighted by Crippen LogP contribution is 2.25. The number of nitrogens with two attached hydrogens (primary N) is 1. The Kier molecular flexibility index (Phi) is 16.3. The second-order valence-electron chi connectivity index (χ2n) is 9.04. The summed E-state index contributed by atoms with van der Waals surface area (Å²) in [5.74, 6) is 0. The normalized spacial score (nSPS) is 12.4. The van der Waals surface area contributed by atoms with Crippen molar-refractivity contribution < 1.29 is 0 Å². The van der Waals surface area contributed by atoms with Gasteiger partial charge in [-0.05, 0) is 36.0 Å². The smallest absolute Gasteiger partial charge is 0.0297 e. The maximum absolute atomic E-state index is 6.55. The van der Waals surface area contributed by atoms with Crippen LogP contribution >= 0.6 is 0 Å². The molecule has 1 heteroatoms. The Morgan fingerprint density at radius 2 is 1.10 bits per heavy atom. The van der Waals surface area contributed by atoms with Gasteiger partial charge in [0.05, 0.1) is 0 Å². The third-order valence-corrected chi connectivity index (χ3v) is 6.56. The highest BCUT2D eigenvalue weighted by molar-refractivity contribution is 5.37. The first kappa shape index (κ1) is 26.2. The SMILES string of the molecule is CCCCCCCCCCCCCCCCCC(N)c1cccc(CC)c1CC. The van der Waals surface area contributed by atoms with Crippen LogP contribution in [0.25, 0.3) is 0 Å². The molecular weight excluding hydrogens is 350 g/mol. The van der Waals surface area contributed by atoms with Crippen LogP contribution in [0.1, 0.15) is 146 Å². The lowest BCUT2D eigenvalue weighted by atomic mass is 9.91. The molecule has 1 unspecified atom stereocenters. The highest BCUT2D eigenvalue weighted by Gasteiger charge is 2.12. The molecule has 0 saturated carbocycles. The zero-order valence-electron chi connectivity index (χ0n) is 20.1. The molecule has 0 aliphatic heterocycles. The minimum atomic E-state index is 0.221. The molecule has 0 aliphatic carbocycles. The molecule has 0 aromatic heterocycles. The highest BCUT2D eigenvalue weighted by atomic mass is 14.6. The molecule has 0 radical (unpaired) electrons. The third-order valence-electron chi connectivity index (χ3n) is 6.56. The van der Waals surface area contributed by atoms with E-state index in [-0.39, 0.29) is 6.04 Å². The van der Waals surface area contributed by atoms with E-state index in [2.05, 4.69) is 39.0 Å². The van der Waals surface area contributed by atoms with E-state index in [1.807, 2.05) is 0 Å². The molecule has 0 spiro atoms. The maximum Gasteiger partial charge on any atom is 0.0297 e. The molecule has 0 aliphatic rings. The molecule has 168 valence electrons. The zero-order chi connectivity index (χ0) is 21.2. The number of unbranched alkanes of at least 4 members (excludes halogenated alkanes) is 14. The molecule has 0 heterocycles. The van der Waals surface area contributed by atoms with Crippen molar-refractivity contribution in [1.82, 2.24) is 0 Å². The summed E-state index contributed by atoms with van der Waals surface area (Å²) in [4.78, 5) is 0. The lowest BCUT2D eigenvalue weighted by Gasteiger charge is -2.18. The van der Waals surface area contributed by atoms with Crippen LogP contribution in [0, 0.1) is 0 Å². The van der Waals surface area contributed by atoms with E-state index in [1.54, 1.807) is 0 Å². The second-order valence-corrected chi connectivity index (χ2v) is 9.04. The fourth-order valence-electron chi connectivity index (χ4n) is 4.66. The Bertz CT molecular complexity index is 493.